The average Bonchev–Trinajstić information content (AvgIpc) is 3.14. The fourth-order valence-corrected chi connectivity index (χ4v) is 2.86. The lowest BCUT2D eigenvalue weighted by Gasteiger charge is -2.21. The van der Waals surface area contributed by atoms with Crippen LogP contribution >= 0.6 is 11.6 Å². The molecule has 27 heavy (non-hydrogen) atoms. The summed E-state index contributed by atoms with van der Waals surface area (Å²) in [6.45, 7) is 2.60. The molecule has 0 N–H and O–H groups in total. The molecule has 7 heteroatoms. The van der Waals surface area contributed by atoms with Crippen molar-refractivity contribution in [1.82, 2.24) is 10.1 Å². The highest BCUT2D eigenvalue weighted by molar-refractivity contribution is 6.30. The van der Waals surface area contributed by atoms with Gasteiger partial charge in [0.25, 0.3) is 0 Å². The van der Waals surface area contributed by atoms with E-state index in [1.165, 1.54) is 0 Å². The Kier molecular flexibility index (Phi) is 6.08. The monoisotopic (exact) mass is 385 g/mol. The van der Waals surface area contributed by atoms with Crippen LogP contribution in [0, 0.1) is 0 Å². The number of carbonyl (C=O) groups is 1. The van der Waals surface area contributed by atoms with E-state index in [1.807, 2.05) is 43.3 Å². The molecule has 0 atom stereocenters. The van der Waals surface area contributed by atoms with Gasteiger partial charge in [-0.15, -0.1) is 0 Å². The number of anilines is 1. The first-order chi connectivity index (χ1) is 13.1. The predicted molar refractivity (Wildman–Crippen MR) is 104 cm³/mol. The smallest absolute Gasteiger partial charge is 0.236 e. The number of amides is 1. The first-order valence-electron chi connectivity index (χ1n) is 8.63. The van der Waals surface area contributed by atoms with Gasteiger partial charge in [0.15, 0.2) is 0 Å². The molecule has 0 radical (unpaired) electrons. The molecule has 3 aromatic rings. The number of benzene rings is 2. The third kappa shape index (κ3) is 4.65. The predicted octanol–water partition coefficient (Wildman–Crippen LogP) is 4.38. The van der Waals surface area contributed by atoms with E-state index in [-0.39, 0.29) is 18.2 Å². The number of methoxy groups -OCH3 is 1. The van der Waals surface area contributed by atoms with Gasteiger partial charge in [-0.25, -0.2) is 0 Å². The highest BCUT2D eigenvalue weighted by Crippen LogP contribution is 2.22. The molecule has 2 aromatic carbocycles. The van der Waals surface area contributed by atoms with Crippen molar-refractivity contribution in [2.45, 2.75) is 19.8 Å². The molecule has 0 unspecified atom stereocenters. The van der Waals surface area contributed by atoms with Gasteiger partial charge in [-0.2, -0.15) is 4.98 Å². The fourth-order valence-electron chi connectivity index (χ4n) is 2.67. The number of nitrogens with zero attached hydrogens (tertiary/aromatic N) is 3. The third-order valence-corrected chi connectivity index (χ3v) is 4.22. The Bertz CT molecular complexity index is 909. The SMILES string of the molecule is CCCN(C(=O)Cc1nc(-c2ccc(OC)cc2)no1)c1cccc(Cl)c1. The molecule has 0 spiro atoms. The van der Waals surface area contributed by atoms with E-state index >= 15 is 0 Å². The molecular formula is C20H20ClN3O3. The summed E-state index contributed by atoms with van der Waals surface area (Å²) in [6.07, 6.45) is 0.842. The summed E-state index contributed by atoms with van der Waals surface area (Å²) in [4.78, 5) is 18.8. The molecule has 3 rings (SSSR count). The molecule has 0 fully saturated rings. The maximum atomic E-state index is 12.8. The van der Waals surface area contributed by atoms with Crippen molar-refractivity contribution in [2.75, 3.05) is 18.6 Å². The van der Waals surface area contributed by atoms with Gasteiger partial charge in [0.1, 0.15) is 12.2 Å². The van der Waals surface area contributed by atoms with Crippen molar-refractivity contribution in [2.24, 2.45) is 0 Å². The minimum absolute atomic E-state index is 0.0235. The summed E-state index contributed by atoms with van der Waals surface area (Å²) in [7, 11) is 1.61. The zero-order chi connectivity index (χ0) is 19.2. The van der Waals surface area contributed by atoms with Crippen LogP contribution in [0.5, 0.6) is 5.75 Å². The average molecular weight is 386 g/mol. The minimum atomic E-state index is -0.121. The van der Waals surface area contributed by atoms with Gasteiger partial charge in [-0.3, -0.25) is 4.79 Å². The molecule has 1 aromatic heterocycles. The van der Waals surface area contributed by atoms with Crippen molar-refractivity contribution >= 4 is 23.2 Å². The maximum absolute atomic E-state index is 12.8. The van der Waals surface area contributed by atoms with Crippen LogP contribution < -0.4 is 9.64 Å². The number of hydrogen-bond donors (Lipinski definition) is 0. The second-order valence-corrected chi connectivity index (χ2v) is 6.38. The Morgan fingerprint density at radius 3 is 2.67 bits per heavy atom. The lowest BCUT2D eigenvalue weighted by molar-refractivity contribution is -0.118. The molecule has 140 valence electrons. The molecule has 6 nitrogen and oxygen atoms in total. The fraction of sp³-hybridized carbons (Fsp3) is 0.250. The normalized spacial score (nSPS) is 10.6. The molecule has 1 amide bonds. The number of aromatic nitrogens is 2. The largest absolute Gasteiger partial charge is 0.497 e. The van der Waals surface area contributed by atoms with Gasteiger partial charge in [-0.05, 0) is 48.9 Å². The number of carbonyl (C=O) groups excluding carboxylic acids is 1. The Morgan fingerprint density at radius 2 is 2.00 bits per heavy atom. The van der Waals surface area contributed by atoms with E-state index in [0.717, 1.165) is 23.4 Å². The number of rotatable bonds is 7. The van der Waals surface area contributed by atoms with Crippen LogP contribution in [0.4, 0.5) is 5.69 Å². The Morgan fingerprint density at radius 1 is 1.22 bits per heavy atom. The van der Waals surface area contributed by atoms with Crippen molar-refractivity contribution in [1.29, 1.82) is 0 Å². The first kappa shape index (κ1) is 18.9. The van der Waals surface area contributed by atoms with E-state index in [9.17, 15) is 4.79 Å². The summed E-state index contributed by atoms with van der Waals surface area (Å²) in [5, 5.41) is 4.55. The van der Waals surface area contributed by atoms with Gasteiger partial charge < -0.3 is 14.2 Å². The molecule has 0 aliphatic carbocycles. The van der Waals surface area contributed by atoms with Crippen LogP contribution in [-0.2, 0) is 11.2 Å². The van der Waals surface area contributed by atoms with Gasteiger partial charge in [0.2, 0.25) is 17.6 Å². The standard InChI is InChI=1S/C20H20ClN3O3/c1-3-11-24(16-6-4-5-15(21)12-16)19(25)13-18-22-20(23-27-18)14-7-9-17(26-2)10-8-14/h4-10,12H,3,11,13H2,1-2H3. The van der Waals surface area contributed by atoms with E-state index in [0.29, 0.717) is 17.4 Å². The molecule has 0 saturated heterocycles. The summed E-state index contributed by atoms with van der Waals surface area (Å²) < 4.78 is 10.4. The van der Waals surface area contributed by atoms with Crippen LogP contribution in [-0.4, -0.2) is 29.7 Å². The maximum Gasteiger partial charge on any atom is 0.236 e. The lowest BCUT2D eigenvalue weighted by Crippen LogP contribution is -2.33. The van der Waals surface area contributed by atoms with Crippen molar-refractivity contribution in [3.05, 3.63) is 59.4 Å². The van der Waals surface area contributed by atoms with Crippen molar-refractivity contribution in [3.8, 4) is 17.1 Å². The van der Waals surface area contributed by atoms with E-state index in [4.69, 9.17) is 20.9 Å². The van der Waals surface area contributed by atoms with Crippen LogP contribution in [0.2, 0.25) is 5.02 Å². The summed E-state index contributed by atoms with van der Waals surface area (Å²) in [5.74, 6) is 1.33. The van der Waals surface area contributed by atoms with E-state index in [2.05, 4.69) is 10.1 Å². The summed E-state index contributed by atoms with van der Waals surface area (Å²) in [5.41, 5.74) is 1.54. The van der Waals surface area contributed by atoms with E-state index in [1.54, 1.807) is 24.1 Å². The Balaban J connectivity index is 1.75. The Labute approximate surface area is 162 Å². The first-order valence-corrected chi connectivity index (χ1v) is 9.01. The second kappa shape index (κ2) is 8.68. The Hall–Kier alpha value is -2.86. The van der Waals surface area contributed by atoms with Crippen LogP contribution in [0.15, 0.2) is 53.1 Å². The molecular weight excluding hydrogens is 366 g/mol. The molecule has 1 heterocycles. The highest BCUT2D eigenvalue weighted by Gasteiger charge is 2.19. The van der Waals surface area contributed by atoms with Crippen molar-refractivity contribution in [3.63, 3.8) is 0 Å². The van der Waals surface area contributed by atoms with Gasteiger partial charge >= 0.3 is 0 Å². The van der Waals surface area contributed by atoms with Gasteiger partial charge in [0.05, 0.1) is 7.11 Å². The van der Waals surface area contributed by atoms with Crippen LogP contribution in [0.25, 0.3) is 11.4 Å². The highest BCUT2D eigenvalue weighted by atomic mass is 35.5. The summed E-state index contributed by atoms with van der Waals surface area (Å²) in [6, 6.07) is 14.5. The second-order valence-electron chi connectivity index (χ2n) is 5.94. The number of hydrogen-bond acceptors (Lipinski definition) is 5. The summed E-state index contributed by atoms with van der Waals surface area (Å²) >= 11 is 6.06. The lowest BCUT2D eigenvalue weighted by atomic mass is 10.2. The quantitative estimate of drug-likeness (QED) is 0.603. The van der Waals surface area contributed by atoms with Crippen LogP contribution in [0.3, 0.4) is 0 Å². The molecule has 0 bridgehead atoms. The zero-order valence-corrected chi connectivity index (χ0v) is 15.9. The number of halogens is 1. The van der Waals surface area contributed by atoms with Crippen LogP contribution in [0.1, 0.15) is 19.2 Å². The van der Waals surface area contributed by atoms with E-state index < -0.39 is 0 Å². The minimum Gasteiger partial charge on any atom is -0.497 e. The molecule has 0 saturated carbocycles. The van der Waals surface area contributed by atoms with Gasteiger partial charge in [-0.1, -0.05) is 29.7 Å². The third-order valence-electron chi connectivity index (χ3n) is 3.99. The van der Waals surface area contributed by atoms with Gasteiger partial charge in [0, 0.05) is 22.8 Å². The van der Waals surface area contributed by atoms with Crippen molar-refractivity contribution < 1.29 is 14.1 Å². The molecule has 0 aliphatic heterocycles. The number of ether oxygens (including phenoxy) is 1. The topological polar surface area (TPSA) is 68.5 Å². The zero-order valence-electron chi connectivity index (χ0n) is 15.2. The molecule has 0 aliphatic rings.